The van der Waals surface area contributed by atoms with Gasteiger partial charge in [0.05, 0.1) is 12.4 Å². The van der Waals surface area contributed by atoms with Crippen molar-refractivity contribution in [2.24, 2.45) is 0 Å². The molecule has 2 fully saturated rings. The number of aromatic nitrogens is 2. The number of hydrogen-bond donors (Lipinski definition) is 0. The molecule has 0 spiro atoms. The Morgan fingerprint density at radius 3 is 2.53 bits per heavy atom. The summed E-state index contributed by atoms with van der Waals surface area (Å²) in [4.78, 5) is 10.1. The molecule has 3 heterocycles. The normalized spacial score (nSPS) is 29.5. The minimum atomic E-state index is -0.475. The Balaban J connectivity index is 1.93. The largest absolute Gasteiger partial charge is 0.349 e. The highest BCUT2D eigenvalue weighted by Crippen LogP contribution is 2.37. The zero-order chi connectivity index (χ0) is 10.3. The molecule has 3 rings (SSSR count). The van der Waals surface area contributed by atoms with Crippen molar-refractivity contribution in [3.63, 3.8) is 0 Å². The molecule has 2 unspecified atom stereocenters. The Labute approximate surface area is 88.3 Å². The van der Waals surface area contributed by atoms with Gasteiger partial charge in [-0.05, 0) is 32.1 Å². The highest BCUT2D eigenvalue weighted by atomic mass is 19.1. The summed E-state index contributed by atoms with van der Waals surface area (Å²) < 4.78 is 13.0. The molecule has 2 aliphatic rings. The molecule has 2 aliphatic heterocycles. The van der Waals surface area contributed by atoms with Crippen LogP contribution in [-0.4, -0.2) is 22.1 Å². The van der Waals surface area contributed by atoms with E-state index in [-0.39, 0.29) is 0 Å². The molecule has 15 heavy (non-hydrogen) atoms. The molecule has 0 saturated carbocycles. The van der Waals surface area contributed by atoms with Crippen molar-refractivity contribution in [3.05, 3.63) is 18.3 Å². The Bertz CT molecular complexity index is 353. The van der Waals surface area contributed by atoms with Gasteiger partial charge in [-0.15, -0.1) is 0 Å². The Kier molecular flexibility index (Phi) is 2.08. The number of nitrogens with zero attached hydrogens (tertiary/aromatic N) is 3. The summed E-state index contributed by atoms with van der Waals surface area (Å²) in [6.07, 6.45) is 9.03. The molecule has 1 aromatic rings. The van der Waals surface area contributed by atoms with Gasteiger partial charge in [-0.2, -0.15) is 9.37 Å². The van der Waals surface area contributed by atoms with Crippen LogP contribution in [0.1, 0.15) is 32.1 Å². The molecule has 0 N–H and O–H groups in total. The average molecular weight is 207 g/mol. The molecular formula is C11H14FN3. The first-order valence-corrected chi connectivity index (χ1v) is 5.60. The number of hydrogen-bond acceptors (Lipinski definition) is 3. The lowest BCUT2D eigenvalue weighted by Gasteiger charge is -2.35. The Hall–Kier alpha value is -1.19. The van der Waals surface area contributed by atoms with E-state index in [1.54, 1.807) is 6.20 Å². The van der Waals surface area contributed by atoms with E-state index in [1.165, 1.54) is 32.1 Å². The molecule has 0 aromatic carbocycles. The second-order valence-electron chi connectivity index (χ2n) is 4.42. The molecule has 3 nitrogen and oxygen atoms in total. The van der Waals surface area contributed by atoms with E-state index in [0.29, 0.717) is 12.1 Å². The van der Waals surface area contributed by atoms with Crippen LogP contribution in [0.2, 0.25) is 0 Å². The Morgan fingerprint density at radius 2 is 1.87 bits per heavy atom. The Morgan fingerprint density at radius 1 is 1.13 bits per heavy atom. The lowest BCUT2D eigenvalue weighted by atomic mass is 10.0. The van der Waals surface area contributed by atoms with Gasteiger partial charge in [0.25, 0.3) is 0 Å². The summed E-state index contributed by atoms with van der Waals surface area (Å²) in [5.74, 6) is 0.250. The predicted octanol–water partition coefficient (Wildman–Crippen LogP) is 2.14. The van der Waals surface area contributed by atoms with Crippen LogP contribution < -0.4 is 4.90 Å². The summed E-state index contributed by atoms with van der Waals surface area (Å²) in [5, 5.41) is 0. The average Bonchev–Trinajstić information content (AvgIpc) is 2.49. The van der Waals surface area contributed by atoms with Crippen LogP contribution in [0, 0.1) is 5.95 Å². The van der Waals surface area contributed by atoms with Gasteiger partial charge in [0.1, 0.15) is 0 Å². The van der Waals surface area contributed by atoms with Gasteiger partial charge in [-0.3, -0.25) is 4.98 Å². The topological polar surface area (TPSA) is 29.0 Å². The van der Waals surface area contributed by atoms with E-state index >= 15 is 0 Å². The first-order chi connectivity index (χ1) is 7.34. The molecular weight excluding hydrogens is 193 g/mol. The van der Waals surface area contributed by atoms with E-state index in [9.17, 15) is 4.39 Å². The number of anilines is 1. The monoisotopic (exact) mass is 207 g/mol. The maximum atomic E-state index is 13.0. The molecule has 2 bridgehead atoms. The molecule has 0 amide bonds. The van der Waals surface area contributed by atoms with E-state index < -0.39 is 5.95 Å². The van der Waals surface area contributed by atoms with Crippen molar-refractivity contribution in [1.29, 1.82) is 0 Å². The smallest absolute Gasteiger partial charge is 0.233 e. The van der Waals surface area contributed by atoms with Crippen molar-refractivity contribution >= 4 is 5.82 Å². The van der Waals surface area contributed by atoms with Gasteiger partial charge >= 0.3 is 0 Å². The van der Waals surface area contributed by atoms with Crippen LogP contribution in [0.4, 0.5) is 10.2 Å². The molecule has 80 valence electrons. The molecule has 2 saturated heterocycles. The van der Waals surface area contributed by atoms with Gasteiger partial charge in [0.2, 0.25) is 5.95 Å². The predicted molar refractivity (Wildman–Crippen MR) is 55.1 cm³/mol. The van der Waals surface area contributed by atoms with Crippen LogP contribution in [0.15, 0.2) is 12.4 Å². The minimum absolute atomic E-state index is 0.475. The fourth-order valence-corrected chi connectivity index (χ4v) is 2.95. The second-order valence-corrected chi connectivity index (χ2v) is 4.42. The van der Waals surface area contributed by atoms with E-state index in [2.05, 4.69) is 14.9 Å². The zero-order valence-electron chi connectivity index (χ0n) is 8.56. The van der Waals surface area contributed by atoms with Crippen LogP contribution in [-0.2, 0) is 0 Å². The third kappa shape index (κ3) is 1.48. The first-order valence-electron chi connectivity index (χ1n) is 5.60. The molecule has 0 aliphatic carbocycles. The van der Waals surface area contributed by atoms with Crippen LogP contribution in [0.25, 0.3) is 0 Å². The standard InChI is InChI=1S/C11H14FN3/c12-10-6-13-7-11(14-10)15-8-2-1-3-9(15)5-4-8/h6-9H,1-5H2. The number of fused-ring (bicyclic) bond motifs is 2. The summed E-state index contributed by atoms with van der Waals surface area (Å²) >= 11 is 0. The third-order valence-corrected chi connectivity index (χ3v) is 3.55. The summed E-state index contributed by atoms with van der Waals surface area (Å²) in [6, 6.07) is 1.14. The number of halogens is 1. The van der Waals surface area contributed by atoms with Gasteiger partial charge in [0, 0.05) is 12.1 Å². The lowest BCUT2D eigenvalue weighted by molar-refractivity contribution is 0.459. The molecule has 2 atom stereocenters. The fourth-order valence-electron chi connectivity index (χ4n) is 2.95. The van der Waals surface area contributed by atoms with Crippen molar-refractivity contribution < 1.29 is 4.39 Å². The molecule has 1 aromatic heterocycles. The maximum absolute atomic E-state index is 13.0. The minimum Gasteiger partial charge on any atom is -0.349 e. The lowest BCUT2D eigenvalue weighted by Crippen LogP contribution is -2.40. The summed E-state index contributed by atoms with van der Waals surface area (Å²) in [5.41, 5.74) is 0. The van der Waals surface area contributed by atoms with E-state index in [0.717, 1.165) is 12.0 Å². The summed E-state index contributed by atoms with van der Waals surface area (Å²) in [6.45, 7) is 0. The van der Waals surface area contributed by atoms with Gasteiger partial charge in [0.15, 0.2) is 5.82 Å². The van der Waals surface area contributed by atoms with Gasteiger partial charge in [-0.1, -0.05) is 0 Å². The van der Waals surface area contributed by atoms with Crippen LogP contribution >= 0.6 is 0 Å². The van der Waals surface area contributed by atoms with Crippen molar-refractivity contribution in [2.75, 3.05) is 4.90 Å². The number of rotatable bonds is 1. The van der Waals surface area contributed by atoms with E-state index in [4.69, 9.17) is 0 Å². The van der Waals surface area contributed by atoms with Crippen molar-refractivity contribution in [1.82, 2.24) is 9.97 Å². The maximum Gasteiger partial charge on any atom is 0.233 e. The first kappa shape index (κ1) is 9.07. The quantitative estimate of drug-likeness (QED) is 0.706. The SMILES string of the molecule is Fc1cncc(N2C3CCCC2CC3)n1. The van der Waals surface area contributed by atoms with Crippen molar-refractivity contribution in [2.45, 2.75) is 44.2 Å². The molecule has 0 radical (unpaired) electrons. The van der Waals surface area contributed by atoms with E-state index in [1.807, 2.05) is 0 Å². The summed E-state index contributed by atoms with van der Waals surface area (Å²) in [7, 11) is 0. The molecule has 4 heteroatoms. The zero-order valence-corrected chi connectivity index (χ0v) is 8.56. The second kappa shape index (κ2) is 3.43. The van der Waals surface area contributed by atoms with Crippen LogP contribution in [0.3, 0.4) is 0 Å². The highest BCUT2D eigenvalue weighted by molar-refractivity contribution is 5.41. The number of piperidine rings is 1. The van der Waals surface area contributed by atoms with Crippen LogP contribution in [0.5, 0.6) is 0 Å². The van der Waals surface area contributed by atoms with Crippen molar-refractivity contribution in [3.8, 4) is 0 Å². The fraction of sp³-hybridized carbons (Fsp3) is 0.636. The van der Waals surface area contributed by atoms with Gasteiger partial charge in [-0.25, -0.2) is 0 Å². The van der Waals surface area contributed by atoms with Gasteiger partial charge < -0.3 is 4.90 Å². The highest BCUT2D eigenvalue weighted by Gasteiger charge is 2.37. The third-order valence-electron chi connectivity index (χ3n) is 3.55.